The van der Waals surface area contributed by atoms with Gasteiger partial charge >= 0.3 is 0 Å². The molecule has 0 atom stereocenters. The van der Waals surface area contributed by atoms with Gasteiger partial charge in [0.1, 0.15) is 0 Å². The summed E-state index contributed by atoms with van der Waals surface area (Å²) in [6, 6.07) is 8.47. The first-order valence-electron chi connectivity index (χ1n) is 6.83. The summed E-state index contributed by atoms with van der Waals surface area (Å²) >= 11 is 0. The number of aromatic nitrogens is 3. The Morgan fingerprint density at radius 2 is 1.68 bits per heavy atom. The number of benzene rings is 1. The lowest BCUT2D eigenvalue weighted by molar-refractivity contribution is 0.578. The minimum absolute atomic E-state index is 0.445. The molecule has 0 spiro atoms. The van der Waals surface area contributed by atoms with Gasteiger partial charge in [-0.2, -0.15) is 0 Å². The van der Waals surface area contributed by atoms with Crippen LogP contribution in [0, 0.1) is 0 Å². The van der Waals surface area contributed by atoms with E-state index < -0.39 is 0 Å². The van der Waals surface area contributed by atoms with Crippen LogP contribution in [0.15, 0.2) is 30.5 Å². The van der Waals surface area contributed by atoms with Gasteiger partial charge in [0.15, 0.2) is 0 Å². The fourth-order valence-corrected chi connectivity index (χ4v) is 2.57. The third-order valence-corrected chi connectivity index (χ3v) is 3.64. The molecule has 0 saturated carbocycles. The van der Waals surface area contributed by atoms with E-state index in [1.54, 1.807) is 10.9 Å². The van der Waals surface area contributed by atoms with E-state index >= 15 is 0 Å². The van der Waals surface area contributed by atoms with Crippen LogP contribution in [0.4, 0.5) is 5.69 Å². The summed E-state index contributed by atoms with van der Waals surface area (Å²) in [5, 5.41) is 7.98. The van der Waals surface area contributed by atoms with Crippen molar-refractivity contribution in [3.63, 3.8) is 0 Å². The van der Waals surface area contributed by atoms with Gasteiger partial charge < -0.3 is 10.6 Å². The summed E-state index contributed by atoms with van der Waals surface area (Å²) in [6.07, 6.45) is 5.65. The van der Waals surface area contributed by atoms with Gasteiger partial charge in [-0.05, 0) is 43.5 Å². The normalized spacial score (nSPS) is 15.7. The van der Waals surface area contributed by atoms with E-state index in [0.717, 1.165) is 24.5 Å². The van der Waals surface area contributed by atoms with Gasteiger partial charge in [-0.3, -0.25) is 0 Å². The van der Waals surface area contributed by atoms with Crippen LogP contribution in [0.2, 0.25) is 0 Å². The number of nitrogens with zero attached hydrogens (tertiary/aromatic N) is 4. The molecule has 1 fully saturated rings. The van der Waals surface area contributed by atoms with Gasteiger partial charge in [-0.1, -0.05) is 5.21 Å². The van der Waals surface area contributed by atoms with Crippen LogP contribution in [0.1, 0.15) is 25.0 Å². The maximum atomic E-state index is 5.67. The second-order valence-electron chi connectivity index (χ2n) is 4.91. The largest absolute Gasteiger partial charge is 0.372 e. The second-order valence-corrected chi connectivity index (χ2v) is 4.91. The molecule has 0 radical (unpaired) electrons. The minimum Gasteiger partial charge on any atom is -0.372 e. The van der Waals surface area contributed by atoms with E-state index in [1.165, 1.54) is 24.9 Å². The zero-order chi connectivity index (χ0) is 13.1. The second kappa shape index (κ2) is 5.40. The summed E-state index contributed by atoms with van der Waals surface area (Å²) in [5.74, 6) is 0. The van der Waals surface area contributed by atoms with E-state index in [2.05, 4.69) is 39.5 Å². The van der Waals surface area contributed by atoms with Crippen molar-refractivity contribution in [2.24, 2.45) is 5.73 Å². The van der Waals surface area contributed by atoms with E-state index in [9.17, 15) is 0 Å². The average Bonchev–Trinajstić information content (AvgIpc) is 2.97. The van der Waals surface area contributed by atoms with Crippen LogP contribution in [0.25, 0.3) is 5.69 Å². The number of hydrogen-bond acceptors (Lipinski definition) is 4. The first kappa shape index (κ1) is 12.2. The van der Waals surface area contributed by atoms with Gasteiger partial charge in [-0.25, -0.2) is 4.68 Å². The molecule has 1 aliphatic heterocycles. The summed E-state index contributed by atoms with van der Waals surface area (Å²) in [7, 11) is 0. The van der Waals surface area contributed by atoms with Crippen LogP contribution < -0.4 is 10.6 Å². The molecule has 5 heteroatoms. The fraction of sp³-hybridized carbons (Fsp3) is 0.429. The highest BCUT2D eigenvalue weighted by Gasteiger charge is 2.11. The Morgan fingerprint density at radius 1 is 1.00 bits per heavy atom. The Morgan fingerprint density at radius 3 is 2.37 bits per heavy atom. The molecule has 1 saturated heterocycles. The van der Waals surface area contributed by atoms with Crippen molar-refractivity contribution in [1.82, 2.24) is 15.0 Å². The van der Waals surface area contributed by atoms with E-state index in [1.807, 2.05) is 0 Å². The lowest BCUT2D eigenvalue weighted by atomic mass is 10.1. The monoisotopic (exact) mass is 257 g/mol. The number of anilines is 1. The molecule has 0 amide bonds. The van der Waals surface area contributed by atoms with Crippen molar-refractivity contribution in [2.75, 3.05) is 18.0 Å². The Balaban J connectivity index is 1.82. The van der Waals surface area contributed by atoms with Crippen LogP contribution in [-0.2, 0) is 6.54 Å². The Kier molecular flexibility index (Phi) is 3.46. The fourth-order valence-electron chi connectivity index (χ4n) is 2.57. The Hall–Kier alpha value is -1.88. The standard InChI is InChI=1S/C14H19N5/c15-10-14-11-16-17-19(14)13-6-4-12(5-7-13)18-8-2-1-3-9-18/h4-7,11H,1-3,8-10,15H2. The van der Waals surface area contributed by atoms with E-state index in [-0.39, 0.29) is 0 Å². The number of hydrogen-bond donors (Lipinski definition) is 1. The molecule has 5 nitrogen and oxygen atoms in total. The van der Waals surface area contributed by atoms with Gasteiger partial charge in [0, 0.05) is 25.3 Å². The van der Waals surface area contributed by atoms with Crippen molar-refractivity contribution < 1.29 is 0 Å². The highest BCUT2D eigenvalue weighted by atomic mass is 15.4. The molecule has 3 rings (SSSR count). The quantitative estimate of drug-likeness (QED) is 0.909. The Labute approximate surface area is 113 Å². The number of piperidine rings is 1. The van der Waals surface area contributed by atoms with E-state index in [4.69, 9.17) is 5.73 Å². The predicted octanol–water partition coefficient (Wildman–Crippen LogP) is 1.72. The molecule has 2 N–H and O–H groups in total. The van der Waals surface area contributed by atoms with Gasteiger partial charge in [-0.15, -0.1) is 5.10 Å². The minimum atomic E-state index is 0.445. The molecule has 0 bridgehead atoms. The topological polar surface area (TPSA) is 60.0 Å². The third-order valence-electron chi connectivity index (χ3n) is 3.64. The van der Waals surface area contributed by atoms with Crippen molar-refractivity contribution in [3.05, 3.63) is 36.2 Å². The van der Waals surface area contributed by atoms with Crippen LogP contribution >= 0.6 is 0 Å². The maximum Gasteiger partial charge on any atom is 0.0781 e. The SMILES string of the molecule is NCc1cnnn1-c1ccc(N2CCCCC2)cc1. The van der Waals surface area contributed by atoms with Crippen molar-refractivity contribution in [2.45, 2.75) is 25.8 Å². The van der Waals surface area contributed by atoms with Gasteiger partial charge in [0.2, 0.25) is 0 Å². The van der Waals surface area contributed by atoms with Crippen molar-refractivity contribution >= 4 is 5.69 Å². The molecule has 19 heavy (non-hydrogen) atoms. The Bertz CT molecular complexity index is 525. The number of rotatable bonds is 3. The summed E-state index contributed by atoms with van der Waals surface area (Å²) in [4.78, 5) is 2.44. The lowest BCUT2D eigenvalue weighted by Crippen LogP contribution is -2.29. The number of nitrogens with two attached hydrogens (primary N) is 1. The van der Waals surface area contributed by atoms with Crippen LogP contribution in [0.5, 0.6) is 0 Å². The molecule has 1 aromatic carbocycles. The molecule has 0 unspecified atom stereocenters. The molecule has 1 aromatic heterocycles. The van der Waals surface area contributed by atoms with Crippen molar-refractivity contribution in [1.29, 1.82) is 0 Å². The first-order valence-corrected chi connectivity index (χ1v) is 6.83. The molecular formula is C14H19N5. The predicted molar refractivity (Wildman–Crippen MR) is 75.3 cm³/mol. The highest BCUT2D eigenvalue weighted by molar-refractivity contribution is 5.51. The molecule has 100 valence electrons. The molecule has 2 heterocycles. The molecule has 2 aromatic rings. The molecule has 0 aliphatic carbocycles. The summed E-state index contributed by atoms with van der Waals surface area (Å²) < 4.78 is 1.79. The van der Waals surface area contributed by atoms with Gasteiger partial charge in [0.05, 0.1) is 17.6 Å². The highest BCUT2D eigenvalue weighted by Crippen LogP contribution is 2.21. The maximum absolute atomic E-state index is 5.67. The summed E-state index contributed by atoms with van der Waals surface area (Å²) in [6.45, 7) is 2.77. The molecular weight excluding hydrogens is 238 g/mol. The lowest BCUT2D eigenvalue weighted by Gasteiger charge is -2.28. The third kappa shape index (κ3) is 2.46. The zero-order valence-electron chi connectivity index (χ0n) is 11.0. The average molecular weight is 257 g/mol. The van der Waals surface area contributed by atoms with Crippen LogP contribution in [0.3, 0.4) is 0 Å². The van der Waals surface area contributed by atoms with Gasteiger partial charge in [0.25, 0.3) is 0 Å². The zero-order valence-corrected chi connectivity index (χ0v) is 11.0. The van der Waals surface area contributed by atoms with Crippen molar-refractivity contribution in [3.8, 4) is 5.69 Å². The summed E-state index contributed by atoms with van der Waals surface area (Å²) in [5.41, 5.74) is 8.89. The van der Waals surface area contributed by atoms with E-state index in [0.29, 0.717) is 6.54 Å². The first-order chi connectivity index (χ1) is 9.38. The smallest absolute Gasteiger partial charge is 0.0781 e. The molecule has 1 aliphatic rings. The van der Waals surface area contributed by atoms with Crippen LogP contribution in [-0.4, -0.2) is 28.1 Å².